The normalized spacial score (nSPS) is 20.2. The van der Waals surface area contributed by atoms with Crippen LogP contribution in [-0.2, 0) is 6.54 Å². The van der Waals surface area contributed by atoms with E-state index in [-0.39, 0.29) is 16.8 Å². The summed E-state index contributed by atoms with van der Waals surface area (Å²) in [5.41, 5.74) is 5.06. The Morgan fingerprint density at radius 3 is 2.57 bits per heavy atom. The van der Waals surface area contributed by atoms with Gasteiger partial charge in [-0.2, -0.15) is 0 Å². The van der Waals surface area contributed by atoms with Crippen LogP contribution in [0.5, 0.6) is 17.4 Å². The molecule has 4 aromatic heterocycles. The fraction of sp³-hybridized carbons (Fsp3) is 0.413. The van der Waals surface area contributed by atoms with Crippen LogP contribution in [0.4, 0.5) is 15.9 Å². The van der Waals surface area contributed by atoms with Crippen molar-refractivity contribution in [3.63, 3.8) is 0 Å². The van der Waals surface area contributed by atoms with Crippen LogP contribution in [0, 0.1) is 23.1 Å². The number of anilines is 2. The Labute approximate surface area is 348 Å². The van der Waals surface area contributed by atoms with Gasteiger partial charge in [0.05, 0.1) is 19.3 Å². The summed E-state index contributed by atoms with van der Waals surface area (Å²) in [6.07, 6.45) is 11.9. The van der Waals surface area contributed by atoms with Crippen LogP contribution < -0.4 is 25.2 Å². The van der Waals surface area contributed by atoms with E-state index < -0.39 is 0 Å². The van der Waals surface area contributed by atoms with Crippen molar-refractivity contribution in [2.24, 2.45) is 17.3 Å². The van der Waals surface area contributed by atoms with Crippen LogP contribution in [0.1, 0.15) is 63.1 Å². The molecule has 2 saturated heterocycles. The Morgan fingerprint density at radius 1 is 0.950 bits per heavy atom. The molecule has 60 heavy (non-hydrogen) atoms. The highest BCUT2D eigenvalue weighted by molar-refractivity contribution is 5.89. The molecule has 6 heterocycles. The van der Waals surface area contributed by atoms with Crippen molar-refractivity contribution >= 4 is 22.5 Å². The van der Waals surface area contributed by atoms with E-state index in [1.165, 1.54) is 18.5 Å². The molecule has 14 heteroatoms. The number of benzene rings is 2. The molecule has 2 aliphatic carbocycles. The Balaban J connectivity index is 0.789. The molecule has 0 radical (unpaired) electrons. The molecular formula is C46H49FN10O3. The summed E-state index contributed by atoms with van der Waals surface area (Å²) in [6.45, 7) is 8.90. The predicted octanol–water partition coefficient (Wildman–Crippen LogP) is 7.33. The molecule has 0 bridgehead atoms. The second-order valence-electron chi connectivity index (χ2n) is 17.5. The lowest BCUT2D eigenvalue weighted by Gasteiger charge is -2.57. The Kier molecular flexibility index (Phi) is 9.89. The van der Waals surface area contributed by atoms with Gasteiger partial charge in [0, 0.05) is 90.3 Å². The molecular weight excluding hydrogens is 760 g/mol. The fourth-order valence-corrected chi connectivity index (χ4v) is 10.0. The van der Waals surface area contributed by atoms with E-state index in [0.717, 1.165) is 91.9 Å². The molecule has 2 aliphatic heterocycles. The maximum Gasteiger partial charge on any atom is 0.282 e. The number of halogens is 1. The van der Waals surface area contributed by atoms with Crippen LogP contribution in [0.15, 0.2) is 90.5 Å². The van der Waals surface area contributed by atoms with Crippen molar-refractivity contribution in [3.05, 3.63) is 113 Å². The Morgan fingerprint density at radius 2 is 1.78 bits per heavy atom. The highest BCUT2D eigenvalue weighted by Crippen LogP contribution is 2.49. The van der Waals surface area contributed by atoms with E-state index in [9.17, 15) is 9.18 Å². The quantitative estimate of drug-likeness (QED) is 0.125. The first-order valence-electron chi connectivity index (χ1n) is 21.1. The third-order valence-corrected chi connectivity index (χ3v) is 13.0. The lowest BCUT2D eigenvalue weighted by atomic mass is 9.68. The summed E-state index contributed by atoms with van der Waals surface area (Å²) >= 11 is 0. The minimum absolute atomic E-state index is 0.0768. The lowest BCUT2D eigenvalue weighted by Crippen LogP contribution is -2.65. The molecule has 1 spiro atoms. The van der Waals surface area contributed by atoms with Crippen molar-refractivity contribution in [1.82, 2.24) is 39.6 Å². The van der Waals surface area contributed by atoms with Gasteiger partial charge < -0.3 is 19.7 Å². The molecule has 2 aromatic carbocycles. The Bertz CT molecular complexity index is 2590. The van der Waals surface area contributed by atoms with Crippen molar-refractivity contribution in [2.75, 3.05) is 43.5 Å². The molecule has 0 amide bonds. The maximum absolute atomic E-state index is 14.7. The summed E-state index contributed by atoms with van der Waals surface area (Å²) in [5.74, 6) is 3.30. The summed E-state index contributed by atoms with van der Waals surface area (Å²) in [5, 5.41) is 13.2. The number of hydrogen-bond acceptors (Lipinski definition) is 12. The molecule has 1 atom stereocenters. The minimum Gasteiger partial charge on any atom is -0.497 e. The Hall–Kier alpha value is -6.02. The average molecular weight is 809 g/mol. The topological polar surface area (TPSA) is 136 Å². The van der Waals surface area contributed by atoms with Crippen LogP contribution >= 0.6 is 0 Å². The van der Waals surface area contributed by atoms with Crippen LogP contribution in [0.3, 0.4) is 0 Å². The van der Waals surface area contributed by atoms with Gasteiger partial charge in [-0.05, 0) is 92.0 Å². The van der Waals surface area contributed by atoms with Gasteiger partial charge in [-0.3, -0.25) is 14.3 Å². The third-order valence-electron chi connectivity index (χ3n) is 13.0. The average Bonchev–Trinajstić information content (AvgIpc) is 3.99. The van der Waals surface area contributed by atoms with Gasteiger partial charge in [0.2, 0.25) is 0 Å². The van der Waals surface area contributed by atoms with E-state index in [1.54, 1.807) is 42.5 Å². The van der Waals surface area contributed by atoms with Gasteiger partial charge >= 0.3 is 0 Å². The summed E-state index contributed by atoms with van der Waals surface area (Å²) in [4.78, 5) is 36.2. The second kappa shape index (κ2) is 15.5. The highest BCUT2D eigenvalue weighted by Gasteiger charge is 2.53. The first kappa shape index (κ1) is 38.2. The summed E-state index contributed by atoms with van der Waals surface area (Å²) in [7, 11) is 1.65. The van der Waals surface area contributed by atoms with E-state index in [4.69, 9.17) is 9.47 Å². The number of likely N-dealkylation sites (tertiary alicyclic amines) is 1. The number of methoxy groups -OCH3 is 1. The van der Waals surface area contributed by atoms with Gasteiger partial charge in [0.15, 0.2) is 5.82 Å². The molecule has 4 fully saturated rings. The van der Waals surface area contributed by atoms with Crippen molar-refractivity contribution in [1.29, 1.82) is 0 Å². The predicted molar refractivity (Wildman–Crippen MR) is 227 cm³/mol. The maximum atomic E-state index is 14.7. The number of nitrogens with one attached hydrogen (secondary N) is 1. The minimum atomic E-state index is -0.359. The first-order chi connectivity index (χ1) is 29.2. The molecule has 0 unspecified atom stereocenters. The van der Waals surface area contributed by atoms with Gasteiger partial charge in [0.1, 0.15) is 35.6 Å². The highest BCUT2D eigenvalue weighted by atomic mass is 19.1. The van der Waals surface area contributed by atoms with Gasteiger partial charge in [-0.1, -0.05) is 26.0 Å². The zero-order valence-electron chi connectivity index (χ0n) is 34.2. The SMILES string of the molecule is COc1ccc(Cn2c(=O)ccc3c(NC4CC([C@@H](C(C)C)N5CC6(CCN(c7ncnnc7Oc7ccc(F)cc7-c7cncnc7C7CC7)C6)C5)C4)ccnc32)cc1. The largest absolute Gasteiger partial charge is 0.497 e. The second-order valence-corrected chi connectivity index (χ2v) is 17.5. The van der Waals surface area contributed by atoms with Gasteiger partial charge in [-0.25, -0.2) is 24.3 Å². The van der Waals surface area contributed by atoms with Crippen molar-refractivity contribution in [2.45, 2.75) is 70.5 Å². The smallest absolute Gasteiger partial charge is 0.282 e. The molecule has 13 nitrogen and oxygen atoms in total. The van der Waals surface area contributed by atoms with Crippen LogP contribution in [-0.4, -0.2) is 85.0 Å². The van der Waals surface area contributed by atoms with Gasteiger partial charge in [-0.15, -0.1) is 10.2 Å². The van der Waals surface area contributed by atoms with E-state index in [2.05, 4.69) is 59.1 Å². The molecule has 4 aliphatic rings. The van der Waals surface area contributed by atoms with Crippen LogP contribution in [0.25, 0.3) is 22.2 Å². The van der Waals surface area contributed by atoms with E-state index >= 15 is 0 Å². The standard InChI is InChI=1S/C46H49FN10O3/c1-28(2)42(31-18-33(19-31)53-38-14-16-49-43-35(38)11-13-40(58)57(43)22-29-4-9-34(59-3)10-5-29)56-24-46(25-56)15-17-55(23-46)44-45(54-52-27-51-44)60-39-12-8-32(47)20-36(39)37-21-48-26-50-41(37)30-6-7-30/h4-5,8-14,16,20-21,26-28,30-31,33,42H,6-7,15,17-19,22-25H2,1-3H3,(H,49,53)/t31?,33?,42-/m1/s1. The summed E-state index contributed by atoms with van der Waals surface area (Å²) in [6, 6.07) is 18.7. The molecule has 2 saturated carbocycles. The van der Waals surface area contributed by atoms with Gasteiger partial charge in [0.25, 0.3) is 11.4 Å². The molecule has 10 rings (SSSR count). The van der Waals surface area contributed by atoms with Crippen molar-refractivity contribution in [3.8, 4) is 28.5 Å². The number of fused-ring (bicyclic) bond motifs is 1. The molecule has 1 N–H and O–H groups in total. The number of aromatic nitrogens is 7. The fourth-order valence-electron chi connectivity index (χ4n) is 10.0. The number of rotatable bonds is 13. The van der Waals surface area contributed by atoms with Crippen molar-refractivity contribution < 1.29 is 13.9 Å². The van der Waals surface area contributed by atoms with E-state index in [1.807, 2.05) is 36.4 Å². The molecule has 6 aromatic rings. The van der Waals surface area contributed by atoms with Crippen LogP contribution in [0.2, 0.25) is 0 Å². The monoisotopic (exact) mass is 808 g/mol. The number of pyridine rings is 2. The zero-order valence-corrected chi connectivity index (χ0v) is 34.2. The summed E-state index contributed by atoms with van der Waals surface area (Å²) < 4.78 is 28.2. The molecule has 308 valence electrons. The first-order valence-corrected chi connectivity index (χ1v) is 21.1. The number of hydrogen-bond donors (Lipinski definition) is 1. The number of ether oxygens (including phenoxy) is 2. The third kappa shape index (κ3) is 7.31. The zero-order chi connectivity index (χ0) is 41.0. The number of nitrogens with zero attached hydrogens (tertiary/aromatic N) is 9. The lowest BCUT2D eigenvalue weighted by molar-refractivity contribution is -0.0656. The van der Waals surface area contributed by atoms with E-state index in [0.29, 0.717) is 65.0 Å².